The molecule has 0 unspecified atom stereocenters. The summed E-state index contributed by atoms with van der Waals surface area (Å²) in [5.74, 6) is 0. The third-order valence-electron chi connectivity index (χ3n) is 3.51. The fourth-order valence-electron chi connectivity index (χ4n) is 2.33. The van der Waals surface area contributed by atoms with E-state index < -0.39 is 40.1 Å². The van der Waals surface area contributed by atoms with Crippen LogP contribution >= 0.6 is 92.9 Å². The van der Waals surface area contributed by atoms with Crippen LogP contribution in [-0.4, -0.2) is 40.1 Å². The molecule has 0 bridgehead atoms. The van der Waals surface area contributed by atoms with E-state index in [1.807, 2.05) is 32.0 Å². The second kappa shape index (κ2) is 27.1. The van der Waals surface area contributed by atoms with Crippen molar-refractivity contribution >= 4 is 140 Å². The van der Waals surface area contributed by atoms with Crippen molar-refractivity contribution in [1.82, 2.24) is 0 Å². The van der Waals surface area contributed by atoms with Crippen LogP contribution in [0.5, 0.6) is 0 Å². The first-order valence-electron chi connectivity index (χ1n) is 9.81. The third-order valence-corrected chi connectivity index (χ3v) is 3.95. The molecular weight excluding hydrogens is 823 g/mol. The fourth-order valence-corrected chi connectivity index (χ4v) is 2.91. The first kappa shape index (κ1) is 43.7. The van der Waals surface area contributed by atoms with Crippen LogP contribution in [0.4, 0.5) is 17.1 Å². The molecule has 3 rings (SSSR count). The number of rotatable bonds is 2. The molecule has 0 saturated carbocycles. The van der Waals surface area contributed by atoms with E-state index in [1.165, 1.54) is 18.2 Å². The van der Waals surface area contributed by atoms with E-state index >= 15 is 0 Å². The number of nitro benzene ring substituents is 2. The summed E-state index contributed by atoms with van der Waals surface area (Å²) in [6, 6.07) is 16.5. The van der Waals surface area contributed by atoms with Crippen LogP contribution in [0.3, 0.4) is 0 Å². The van der Waals surface area contributed by atoms with Gasteiger partial charge >= 0.3 is 48.1 Å². The normalized spacial score (nSPS) is 8.62. The van der Waals surface area contributed by atoms with Crippen molar-refractivity contribution < 1.29 is 9.85 Å². The number of hydrogen-bond donors (Lipinski definition) is 1. The number of non-ortho nitro benzene ring substituents is 2. The van der Waals surface area contributed by atoms with Gasteiger partial charge in [0.2, 0.25) is 0 Å². The van der Waals surface area contributed by atoms with Gasteiger partial charge in [-0.15, -0.1) is 0 Å². The van der Waals surface area contributed by atoms with Gasteiger partial charge in [-0.2, -0.15) is 0 Å². The van der Waals surface area contributed by atoms with E-state index in [9.17, 15) is 20.2 Å². The molecule has 0 heterocycles. The summed E-state index contributed by atoms with van der Waals surface area (Å²) in [4.78, 5) is 19.6. The Kier molecular flexibility index (Phi) is 30.3. The zero-order valence-electron chi connectivity index (χ0n) is 20.4. The standard InChI is InChI=1S/C7H6ClNO2.C7H8ClN.C7H7NO2.Al.Cl2.5ClH.Sn/c1-5-2-6(8)4-7(3-5)9(10)11;1-5-2-6(8)4-7(9)3-5;1-6-3-2-4-7(5-6)8(9)10;;1-2;;;;;;/h2-4H,1H3;2-4H,9H2,1H3;2-5H,1H3;;;5*1H;/q;;;+3;;;;;;;+2/p-5. The molecule has 2 N–H and O–H groups in total. The van der Waals surface area contributed by atoms with Crippen molar-refractivity contribution in [3.63, 3.8) is 0 Å². The number of nitrogens with two attached hydrogens (primary N) is 1. The van der Waals surface area contributed by atoms with Gasteiger partial charge in [0.05, 0.1) is 9.85 Å². The Morgan fingerprint density at radius 3 is 1.41 bits per heavy atom. The fraction of sp³-hybridized carbons (Fsp3) is 0.143. The zero-order chi connectivity index (χ0) is 31.1. The van der Waals surface area contributed by atoms with Crippen molar-refractivity contribution in [2.75, 3.05) is 5.73 Å². The molecule has 18 heteroatoms. The van der Waals surface area contributed by atoms with Crippen LogP contribution in [-0.2, 0) is 0 Å². The van der Waals surface area contributed by atoms with Crippen LogP contribution in [0, 0.1) is 41.0 Å². The Bertz CT molecular complexity index is 1060. The molecule has 0 aromatic heterocycles. The average Bonchev–Trinajstić information content (AvgIpc) is 2.80. The summed E-state index contributed by atoms with van der Waals surface area (Å²) in [7, 11) is 32.9. The molecule has 0 aliphatic rings. The summed E-state index contributed by atoms with van der Waals surface area (Å²) < 4.78 is 0. The van der Waals surface area contributed by atoms with Crippen LogP contribution in [0.15, 0.2) is 60.7 Å². The maximum atomic E-state index is 10.3. The second-order valence-corrected chi connectivity index (χ2v) is 18.3. The molecule has 0 spiro atoms. The van der Waals surface area contributed by atoms with E-state index in [1.54, 1.807) is 31.2 Å². The van der Waals surface area contributed by atoms with Crippen molar-refractivity contribution in [1.29, 1.82) is 0 Å². The van der Waals surface area contributed by atoms with Gasteiger partial charge in [0.25, 0.3) is 11.4 Å². The van der Waals surface area contributed by atoms with Gasteiger partial charge in [0.1, 0.15) is 0 Å². The van der Waals surface area contributed by atoms with Gasteiger partial charge in [-0.3, -0.25) is 20.2 Å². The summed E-state index contributed by atoms with van der Waals surface area (Å²) >= 11 is 8.71. The number of nitrogens with zero attached hydrogens (tertiary/aromatic N) is 2. The summed E-state index contributed by atoms with van der Waals surface area (Å²) in [5, 5.41) is 21.5. The molecule has 0 atom stereocenters. The Morgan fingerprint density at radius 1 is 0.718 bits per heavy atom. The molecule has 39 heavy (non-hydrogen) atoms. The van der Waals surface area contributed by atoms with Crippen LogP contribution < -0.4 is 5.73 Å². The predicted octanol–water partition coefficient (Wildman–Crippen LogP) is 10.8. The minimum atomic E-state index is -1.72. The molecule has 3 aromatic rings. The number of benzene rings is 3. The van der Waals surface area contributed by atoms with E-state index in [4.69, 9.17) is 76.9 Å². The number of anilines is 1. The predicted molar refractivity (Wildman–Crippen MR) is 174 cm³/mol. The van der Waals surface area contributed by atoms with E-state index in [0.717, 1.165) is 22.4 Å². The average molecular weight is 844 g/mol. The van der Waals surface area contributed by atoms with Crippen LogP contribution in [0.1, 0.15) is 16.7 Å². The van der Waals surface area contributed by atoms with Crippen molar-refractivity contribution in [2.45, 2.75) is 20.8 Å². The first-order chi connectivity index (χ1) is 18.1. The van der Waals surface area contributed by atoms with Gasteiger partial charge < -0.3 is 5.73 Å². The summed E-state index contributed by atoms with van der Waals surface area (Å²) in [6.07, 6.45) is 0. The van der Waals surface area contributed by atoms with Gasteiger partial charge in [-0.05, 0) is 61.7 Å². The van der Waals surface area contributed by atoms with Gasteiger partial charge in [-0.1, -0.05) is 35.3 Å². The first-order valence-corrected chi connectivity index (χ1v) is 24.2. The van der Waals surface area contributed by atoms with E-state index in [2.05, 4.69) is 21.7 Å². The van der Waals surface area contributed by atoms with Crippen molar-refractivity contribution in [2.24, 2.45) is 0 Å². The quantitative estimate of drug-likeness (QED) is 0.119. The Labute approximate surface area is 281 Å². The molecule has 0 amide bonds. The molecule has 0 aliphatic carbocycles. The Hall–Kier alpha value is 0.201. The van der Waals surface area contributed by atoms with E-state index in [0.29, 0.717) is 10.0 Å². The molecule has 0 saturated heterocycles. The van der Waals surface area contributed by atoms with Gasteiger partial charge in [0.15, 0.2) is 0 Å². The van der Waals surface area contributed by atoms with Crippen LogP contribution in [0.2, 0.25) is 10.0 Å². The number of halogens is 9. The molecule has 0 aliphatic heterocycles. The number of hydrogen-bond acceptors (Lipinski definition) is 5. The Balaban J connectivity index is -0.000000434. The third kappa shape index (κ3) is 28.1. The molecule has 7 nitrogen and oxygen atoms in total. The number of aryl methyl sites for hydroxylation is 3. The van der Waals surface area contributed by atoms with Gasteiger partial charge in [0, 0.05) is 61.7 Å². The monoisotopic (exact) mass is 841 g/mol. The zero-order valence-corrected chi connectivity index (χ0v) is 31.2. The SMILES string of the molecule is Cc1cc(Cl)cc([N+](=O)[O-])c1.Cc1cc(N)cc(Cl)c1.Cc1cccc([N+](=O)[O-])c1.ClCl.[Cl][Al]([Cl])[Cl].[Cl][Sn][Cl]. The second-order valence-electron chi connectivity index (χ2n) is 6.72. The molecular formula is C21H21AlCl9N3O4Sn. The summed E-state index contributed by atoms with van der Waals surface area (Å²) in [6.45, 7) is 5.55. The topological polar surface area (TPSA) is 112 Å². The van der Waals surface area contributed by atoms with E-state index in [-0.39, 0.29) is 11.4 Å². The van der Waals surface area contributed by atoms with Gasteiger partial charge in [-0.25, -0.2) is 30.1 Å². The number of nitro groups is 2. The Morgan fingerprint density at radius 2 is 1.10 bits per heavy atom. The molecule has 3 aromatic carbocycles. The minimum absolute atomic E-state index is 0.0370. The maximum absolute atomic E-state index is 10.3. The molecule has 0 fully saturated rings. The van der Waals surface area contributed by atoms with Crippen molar-refractivity contribution in [3.05, 3.63) is 108 Å². The summed E-state index contributed by atoms with van der Waals surface area (Å²) in [5.41, 5.74) is 9.19. The van der Waals surface area contributed by atoms with Crippen molar-refractivity contribution in [3.8, 4) is 0 Å². The number of nitrogen functional groups attached to an aromatic ring is 1. The molecule has 2 radical (unpaired) electrons. The molecule has 214 valence electrons. The van der Waals surface area contributed by atoms with Crippen LogP contribution in [0.25, 0.3) is 0 Å².